The Bertz CT molecular complexity index is 499. The molecule has 0 amide bonds. The lowest BCUT2D eigenvalue weighted by Crippen LogP contribution is -2.06. The van der Waals surface area contributed by atoms with Gasteiger partial charge in [-0.15, -0.1) is 0 Å². The van der Waals surface area contributed by atoms with Gasteiger partial charge in [-0.05, 0) is 29.8 Å². The van der Waals surface area contributed by atoms with Gasteiger partial charge in [0.2, 0.25) is 0 Å². The van der Waals surface area contributed by atoms with E-state index in [9.17, 15) is 4.21 Å². The molecule has 1 unspecified atom stereocenters. The van der Waals surface area contributed by atoms with Crippen molar-refractivity contribution in [1.82, 2.24) is 0 Å². The third-order valence-electron chi connectivity index (χ3n) is 2.22. The smallest absolute Gasteiger partial charge is 0.121 e. The zero-order valence-electron chi connectivity index (χ0n) is 9.10. The highest BCUT2D eigenvalue weighted by atomic mass is 35.5. The molecule has 0 bridgehead atoms. The summed E-state index contributed by atoms with van der Waals surface area (Å²) >= 11 is 5.77. The molecule has 0 saturated carbocycles. The number of hydrogen-bond acceptors (Lipinski definition) is 1. The van der Waals surface area contributed by atoms with E-state index in [0.717, 1.165) is 11.3 Å². The first-order valence-corrected chi connectivity index (χ1v) is 6.88. The van der Waals surface area contributed by atoms with Crippen LogP contribution in [0.4, 0.5) is 5.69 Å². The highest BCUT2D eigenvalue weighted by Crippen LogP contribution is 2.14. The topological polar surface area (TPSA) is 29.1 Å². The first-order valence-electron chi connectivity index (χ1n) is 5.18. The van der Waals surface area contributed by atoms with Crippen LogP contribution in [-0.2, 0) is 16.7 Å². The maximum absolute atomic E-state index is 11.8. The minimum absolute atomic E-state index is 0.490. The minimum Gasteiger partial charge on any atom is -0.305 e. The summed E-state index contributed by atoms with van der Waals surface area (Å²) in [5.41, 5.74) is 1.86. The molecule has 0 radical (unpaired) electrons. The molecule has 0 aliphatic rings. The van der Waals surface area contributed by atoms with Crippen LogP contribution >= 0.6 is 11.6 Å². The molecule has 0 spiro atoms. The van der Waals surface area contributed by atoms with E-state index >= 15 is 0 Å². The SMILES string of the molecule is O=S(Cc1ccccc1)Nc1ccc(Cl)cc1. The lowest BCUT2D eigenvalue weighted by atomic mass is 10.2. The molecule has 4 heteroatoms. The molecule has 0 aliphatic carbocycles. The zero-order valence-corrected chi connectivity index (χ0v) is 10.7. The van der Waals surface area contributed by atoms with E-state index in [1.165, 1.54) is 0 Å². The van der Waals surface area contributed by atoms with Crippen LogP contribution in [0.25, 0.3) is 0 Å². The van der Waals surface area contributed by atoms with Crippen molar-refractivity contribution in [3.63, 3.8) is 0 Å². The van der Waals surface area contributed by atoms with Crippen molar-refractivity contribution in [3.05, 3.63) is 65.2 Å². The fourth-order valence-corrected chi connectivity index (χ4v) is 2.50. The third-order valence-corrected chi connectivity index (χ3v) is 3.53. The van der Waals surface area contributed by atoms with Crippen LogP contribution in [0.15, 0.2) is 54.6 Å². The summed E-state index contributed by atoms with van der Waals surface area (Å²) < 4.78 is 14.8. The summed E-state index contributed by atoms with van der Waals surface area (Å²) in [6.45, 7) is 0. The molecule has 0 aliphatic heterocycles. The second kappa shape index (κ2) is 5.84. The normalized spacial score (nSPS) is 12.1. The Morgan fingerprint density at radius 3 is 2.29 bits per heavy atom. The van der Waals surface area contributed by atoms with E-state index < -0.39 is 11.0 Å². The van der Waals surface area contributed by atoms with Crippen molar-refractivity contribution in [2.24, 2.45) is 0 Å². The van der Waals surface area contributed by atoms with Gasteiger partial charge in [0.15, 0.2) is 0 Å². The van der Waals surface area contributed by atoms with Crippen molar-refractivity contribution in [3.8, 4) is 0 Å². The molecule has 1 N–H and O–H groups in total. The molecular formula is C13H12ClNOS. The average molecular weight is 266 g/mol. The van der Waals surface area contributed by atoms with Gasteiger partial charge in [-0.2, -0.15) is 0 Å². The zero-order chi connectivity index (χ0) is 12.1. The van der Waals surface area contributed by atoms with Gasteiger partial charge in [-0.3, -0.25) is 0 Å². The van der Waals surface area contributed by atoms with Crippen molar-refractivity contribution in [2.45, 2.75) is 5.75 Å². The molecule has 88 valence electrons. The lowest BCUT2D eigenvalue weighted by molar-refractivity contribution is 0.686. The summed E-state index contributed by atoms with van der Waals surface area (Å²) in [6, 6.07) is 16.9. The molecule has 0 aromatic heterocycles. The Kier molecular flexibility index (Phi) is 4.18. The average Bonchev–Trinajstić information content (AvgIpc) is 2.33. The Morgan fingerprint density at radius 1 is 1.00 bits per heavy atom. The van der Waals surface area contributed by atoms with E-state index in [2.05, 4.69) is 4.72 Å². The van der Waals surface area contributed by atoms with Gasteiger partial charge in [0.05, 0.1) is 5.75 Å². The molecule has 0 saturated heterocycles. The van der Waals surface area contributed by atoms with Crippen LogP contribution in [0.3, 0.4) is 0 Å². The molecule has 0 fully saturated rings. The fraction of sp³-hybridized carbons (Fsp3) is 0.0769. The van der Waals surface area contributed by atoms with Crippen LogP contribution in [-0.4, -0.2) is 4.21 Å². The van der Waals surface area contributed by atoms with E-state index in [-0.39, 0.29) is 0 Å². The first-order chi connectivity index (χ1) is 8.24. The third kappa shape index (κ3) is 3.88. The number of hydrogen-bond donors (Lipinski definition) is 1. The van der Waals surface area contributed by atoms with Crippen LogP contribution in [0.2, 0.25) is 5.02 Å². The maximum Gasteiger partial charge on any atom is 0.121 e. The van der Waals surface area contributed by atoms with Crippen LogP contribution in [0.5, 0.6) is 0 Å². The van der Waals surface area contributed by atoms with Crippen LogP contribution < -0.4 is 4.72 Å². The van der Waals surface area contributed by atoms with Crippen molar-refractivity contribution < 1.29 is 4.21 Å². The van der Waals surface area contributed by atoms with Gasteiger partial charge >= 0.3 is 0 Å². The summed E-state index contributed by atoms with van der Waals surface area (Å²) in [5.74, 6) is 0.490. The Labute approximate surface area is 108 Å². The van der Waals surface area contributed by atoms with Gasteiger partial charge in [0, 0.05) is 10.7 Å². The van der Waals surface area contributed by atoms with Crippen molar-refractivity contribution in [2.75, 3.05) is 4.72 Å². The quantitative estimate of drug-likeness (QED) is 0.899. The lowest BCUT2D eigenvalue weighted by Gasteiger charge is -2.06. The van der Waals surface area contributed by atoms with Gasteiger partial charge < -0.3 is 4.72 Å². The first kappa shape index (κ1) is 12.1. The summed E-state index contributed by atoms with van der Waals surface area (Å²) in [5, 5.41) is 0.671. The van der Waals surface area contributed by atoms with E-state index in [4.69, 9.17) is 11.6 Å². The second-order valence-electron chi connectivity index (χ2n) is 3.58. The minimum atomic E-state index is -1.12. The molecule has 0 heterocycles. The van der Waals surface area contributed by atoms with Crippen LogP contribution in [0, 0.1) is 0 Å². The van der Waals surface area contributed by atoms with Crippen molar-refractivity contribution in [1.29, 1.82) is 0 Å². The Hall–Kier alpha value is -1.32. The van der Waals surface area contributed by atoms with Gasteiger partial charge in [0.25, 0.3) is 0 Å². The number of benzene rings is 2. The van der Waals surface area contributed by atoms with E-state index in [1.54, 1.807) is 12.1 Å². The van der Waals surface area contributed by atoms with Gasteiger partial charge in [-0.25, -0.2) is 4.21 Å². The summed E-state index contributed by atoms with van der Waals surface area (Å²) in [4.78, 5) is 0. The van der Waals surface area contributed by atoms with E-state index in [1.807, 2.05) is 42.5 Å². The summed E-state index contributed by atoms with van der Waals surface area (Å²) in [7, 11) is -1.12. The molecular weight excluding hydrogens is 254 g/mol. The molecule has 17 heavy (non-hydrogen) atoms. The van der Waals surface area contributed by atoms with E-state index in [0.29, 0.717) is 10.8 Å². The molecule has 2 aromatic carbocycles. The monoisotopic (exact) mass is 265 g/mol. The highest BCUT2D eigenvalue weighted by molar-refractivity contribution is 7.85. The number of halogens is 1. The number of anilines is 1. The maximum atomic E-state index is 11.8. The molecule has 2 rings (SSSR count). The second-order valence-corrected chi connectivity index (χ2v) is 5.20. The molecule has 2 nitrogen and oxygen atoms in total. The fourth-order valence-electron chi connectivity index (χ4n) is 1.41. The van der Waals surface area contributed by atoms with Crippen molar-refractivity contribution >= 4 is 28.3 Å². The highest BCUT2D eigenvalue weighted by Gasteiger charge is 2.01. The standard InChI is InChI=1S/C13H12ClNOS/c14-12-6-8-13(9-7-12)15-17(16)10-11-4-2-1-3-5-11/h1-9,15H,10H2. The Balaban J connectivity index is 1.96. The summed E-state index contributed by atoms with van der Waals surface area (Å²) in [6.07, 6.45) is 0. The predicted octanol–water partition coefficient (Wildman–Crippen LogP) is 3.62. The van der Waals surface area contributed by atoms with Crippen LogP contribution in [0.1, 0.15) is 5.56 Å². The Morgan fingerprint density at radius 2 is 1.65 bits per heavy atom. The van der Waals surface area contributed by atoms with Gasteiger partial charge in [0.1, 0.15) is 11.0 Å². The number of nitrogens with one attached hydrogen (secondary N) is 1. The largest absolute Gasteiger partial charge is 0.305 e. The predicted molar refractivity (Wildman–Crippen MR) is 73.4 cm³/mol. The van der Waals surface area contributed by atoms with Gasteiger partial charge in [-0.1, -0.05) is 41.9 Å². The molecule has 1 atom stereocenters. The number of rotatable bonds is 4. The molecule has 2 aromatic rings.